The number of hydrogen-bond acceptors (Lipinski definition) is 20. The molecule has 2 rings (SSSR count). The Morgan fingerprint density at radius 2 is 1.16 bits per heavy atom. The summed E-state index contributed by atoms with van der Waals surface area (Å²) < 4.78 is 67.0. The third-order valence-corrected chi connectivity index (χ3v) is 12.2. The molecule has 0 saturated heterocycles. The summed E-state index contributed by atoms with van der Waals surface area (Å²) in [4.78, 5) is 90.3. The van der Waals surface area contributed by atoms with E-state index in [0.29, 0.717) is 110 Å². The van der Waals surface area contributed by atoms with Crippen molar-refractivity contribution in [2.24, 2.45) is 10.2 Å². The van der Waals surface area contributed by atoms with Crippen LogP contribution in [-0.2, 0) is 79.5 Å². The van der Waals surface area contributed by atoms with Gasteiger partial charge in [-0.2, -0.15) is 0 Å². The van der Waals surface area contributed by atoms with Crippen molar-refractivity contribution in [2.45, 2.75) is 117 Å². The summed E-state index contributed by atoms with van der Waals surface area (Å²) >= 11 is 5.63. The minimum Gasteiger partial charge on any atom is -0.463 e. The van der Waals surface area contributed by atoms with Crippen LogP contribution in [0, 0.1) is 5.82 Å². The molecule has 0 heterocycles. The van der Waals surface area contributed by atoms with Crippen LogP contribution in [0.2, 0.25) is 0 Å². The number of amides is 4. The van der Waals surface area contributed by atoms with Crippen LogP contribution in [0.15, 0.2) is 58.8 Å². The predicted molar refractivity (Wildman–Crippen MR) is 325 cm³/mol. The van der Waals surface area contributed by atoms with Crippen molar-refractivity contribution in [3.8, 4) is 0 Å². The molecule has 498 valence electrons. The molecule has 0 aromatic heterocycles. The first-order valence-electron chi connectivity index (χ1n) is 29.9. The number of benzene rings is 2. The largest absolute Gasteiger partial charge is 0.463 e. The maximum absolute atomic E-state index is 14.8. The summed E-state index contributed by atoms with van der Waals surface area (Å²) in [6, 6.07) is 8.80. The molecular weight excluding hydrogens is 1190 g/mol. The molecule has 28 nitrogen and oxygen atoms in total. The van der Waals surface area contributed by atoms with E-state index in [-0.39, 0.29) is 107 Å². The van der Waals surface area contributed by atoms with Crippen molar-refractivity contribution < 1.29 is 90.5 Å². The van der Waals surface area contributed by atoms with Gasteiger partial charge in [0, 0.05) is 99.4 Å². The number of unbranched alkanes of at least 4 members (excludes halogenated alkanes) is 6. The Kier molecular flexibility index (Phi) is 50.3. The lowest BCUT2D eigenvalue weighted by molar-refractivity contribution is -0.146. The Morgan fingerprint density at radius 3 is 1.81 bits per heavy atom. The van der Waals surface area contributed by atoms with E-state index in [9.17, 15) is 38.0 Å². The average Bonchev–Trinajstić information content (AvgIpc) is 3.14. The molecule has 2 aromatic rings. The van der Waals surface area contributed by atoms with Crippen molar-refractivity contribution in [1.29, 1.82) is 0 Å². The highest BCUT2D eigenvalue weighted by Crippen LogP contribution is 2.33. The van der Waals surface area contributed by atoms with Crippen LogP contribution < -0.4 is 16.1 Å². The first-order valence-corrected chi connectivity index (χ1v) is 30.4. The Balaban J connectivity index is 0.000000920. The third kappa shape index (κ3) is 44.8. The standard InChI is InChI=1S/C32H42FN9O8.C27H48ClNO10/c1-2-48-15-16-49-17-18-50-32(46)36-13-14-42(22-24-20-27(33)30(38-41-35)28(21-24)37-40-34)31(45)25-11-9-23(10-12-25)19-26(43)7-5-3-4-6-8-29(44)39-47;1-2-10-25(30)37-16-7-8-17-39-27(32)29-13-18-35-21-22-36-23-24-38-26(31)11-9-15-34-20-19-33-14-6-4-3-5-12-28/h9-12,20-21,47H,2-8,13-19,22H2,1H3,(H,36,46)(H,39,44);7-8H,2-6,9-24H2,1H3,(H,29,32)/b;8-7+. The summed E-state index contributed by atoms with van der Waals surface area (Å²) in [5.74, 6) is -1.66. The summed E-state index contributed by atoms with van der Waals surface area (Å²) in [5, 5.41) is 20.3. The molecule has 0 aliphatic carbocycles. The molecule has 30 heteroatoms. The Bertz CT molecular complexity index is 2440. The number of halogens is 2. The van der Waals surface area contributed by atoms with Gasteiger partial charge < -0.3 is 62.9 Å². The van der Waals surface area contributed by atoms with Crippen molar-refractivity contribution in [3.05, 3.63) is 91.9 Å². The maximum Gasteiger partial charge on any atom is 0.407 e. The van der Waals surface area contributed by atoms with E-state index in [2.05, 4.69) is 30.7 Å². The fraction of sp³-hybridized carbons (Fsp3) is 0.644. The number of nitrogens with one attached hydrogen (secondary N) is 3. The number of ether oxygens (including phenoxy) is 10. The van der Waals surface area contributed by atoms with Crippen LogP contribution in [0.4, 0.5) is 25.4 Å². The second-order valence-corrected chi connectivity index (χ2v) is 19.5. The highest BCUT2D eigenvalue weighted by Gasteiger charge is 2.20. The van der Waals surface area contributed by atoms with Crippen molar-refractivity contribution in [3.63, 3.8) is 0 Å². The average molecular weight is 1280 g/mol. The van der Waals surface area contributed by atoms with Crippen LogP contribution >= 0.6 is 11.6 Å². The zero-order valence-corrected chi connectivity index (χ0v) is 52.1. The lowest BCUT2D eigenvalue weighted by Crippen LogP contribution is -2.38. The van der Waals surface area contributed by atoms with E-state index in [4.69, 9.17) is 75.2 Å². The second-order valence-electron chi connectivity index (χ2n) is 19.1. The fourth-order valence-corrected chi connectivity index (χ4v) is 7.70. The molecular formula is C59H90ClFN10O18. The lowest BCUT2D eigenvalue weighted by Gasteiger charge is -2.24. The summed E-state index contributed by atoms with van der Waals surface area (Å²) in [6.07, 6.45) is 11.9. The zero-order chi connectivity index (χ0) is 65.2. The first-order chi connectivity index (χ1) is 43.3. The van der Waals surface area contributed by atoms with Gasteiger partial charge in [-0.05, 0) is 104 Å². The summed E-state index contributed by atoms with van der Waals surface area (Å²) in [6.45, 7) is 9.36. The number of hydrogen-bond donors (Lipinski definition) is 4. The van der Waals surface area contributed by atoms with Gasteiger partial charge in [-0.25, -0.2) is 19.5 Å². The molecule has 0 spiro atoms. The fourth-order valence-electron chi connectivity index (χ4n) is 7.51. The van der Waals surface area contributed by atoms with Gasteiger partial charge in [0.2, 0.25) is 5.91 Å². The Morgan fingerprint density at radius 1 is 0.596 bits per heavy atom. The van der Waals surface area contributed by atoms with Gasteiger partial charge in [-0.3, -0.25) is 29.2 Å². The molecule has 89 heavy (non-hydrogen) atoms. The van der Waals surface area contributed by atoms with Gasteiger partial charge >= 0.3 is 24.1 Å². The number of azide groups is 2. The van der Waals surface area contributed by atoms with Gasteiger partial charge in [-0.1, -0.05) is 55.0 Å². The van der Waals surface area contributed by atoms with Crippen molar-refractivity contribution in [1.82, 2.24) is 21.0 Å². The number of nitrogens with zero attached hydrogens (tertiary/aromatic N) is 7. The number of ketones is 1. The van der Waals surface area contributed by atoms with Gasteiger partial charge in [0.1, 0.15) is 38.0 Å². The number of alkyl halides is 1. The molecule has 0 atom stereocenters. The lowest BCUT2D eigenvalue weighted by atomic mass is 10.0. The van der Waals surface area contributed by atoms with Crippen LogP contribution in [0.1, 0.15) is 125 Å². The number of rotatable bonds is 52. The van der Waals surface area contributed by atoms with Crippen LogP contribution in [0.5, 0.6) is 0 Å². The molecule has 0 aliphatic heterocycles. The third-order valence-electron chi connectivity index (χ3n) is 11.9. The molecule has 0 radical (unpaired) electrons. The maximum atomic E-state index is 14.8. The molecule has 2 aromatic carbocycles. The molecule has 4 N–H and O–H groups in total. The first kappa shape index (κ1) is 79.8. The summed E-state index contributed by atoms with van der Waals surface area (Å²) in [7, 11) is 0. The quantitative estimate of drug-likeness (QED) is 0.00457. The van der Waals surface area contributed by atoms with E-state index < -0.39 is 35.5 Å². The Labute approximate surface area is 524 Å². The van der Waals surface area contributed by atoms with E-state index in [1.165, 1.54) is 11.0 Å². The van der Waals surface area contributed by atoms with Crippen LogP contribution in [0.3, 0.4) is 0 Å². The summed E-state index contributed by atoms with van der Waals surface area (Å²) in [5.41, 5.74) is 19.7. The monoisotopic (exact) mass is 1280 g/mol. The molecule has 0 fully saturated rings. The topological polar surface area (TPSA) is 369 Å². The number of alkyl carbamates (subject to hydrolysis) is 2. The second kappa shape index (κ2) is 56.1. The minimum atomic E-state index is -0.955. The molecule has 0 aliphatic rings. The number of hydroxylamine groups is 1. The van der Waals surface area contributed by atoms with Gasteiger partial charge in [0.25, 0.3) is 5.91 Å². The molecule has 4 amide bonds. The van der Waals surface area contributed by atoms with E-state index >= 15 is 0 Å². The normalized spacial score (nSPS) is 10.7. The van der Waals surface area contributed by atoms with Crippen molar-refractivity contribution in [2.75, 3.05) is 131 Å². The van der Waals surface area contributed by atoms with Crippen molar-refractivity contribution >= 4 is 64.7 Å². The smallest absolute Gasteiger partial charge is 0.407 e. The van der Waals surface area contributed by atoms with Gasteiger partial charge in [-0.15, -0.1) is 11.6 Å². The molecule has 0 saturated carbocycles. The van der Waals surface area contributed by atoms with E-state index in [0.717, 1.165) is 63.5 Å². The predicted octanol–water partition coefficient (Wildman–Crippen LogP) is 9.89. The van der Waals surface area contributed by atoms with Crippen LogP contribution in [0.25, 0.3) is 20.9 Å². The molecule has 0 unspecified atom stereocenters. The zero-order valence-electron chi connectivity index (χ0n) is 51.3. The van der Waals surface area contributed by atoms with E-state index in [1.54, 1.807) is 41.9 Å². The number of carbonyl (C=O) groups excluding carboxylic acids is 7. The van der Waals surface area contributed by atoms with Crippen LogP contribution in [-0.4, -0.2) is 183 Å². The highest BCUT2D eigenvalue weighted by atomic mass is 35.5. The highest BCUT2D eigenvalue weighted by molar-refractivity contribution is 6.17. The van der Waals surface area contributed by atoms with Gasteiger partial charge in [0.15, 0.2) is 0 Å². The molecule has 0 bridgehead atoms. The Hall–Kier alpha value is -7.17. The number of esters is 2. The van der Waals surface area contributed by atoms with Gasteiger partial charge in [0.05, 0.1) is 70.8 Å². The SMILES string of the molecule is CCCC(=O)OC/C=C/COC(=O)NCCOCCOCCOC(=O)CCCOCCOCCCCCCCl.CCOCCOCCOC(=O)NCCN(Cc1cc(F)c(N=[N+]=[N-])c(N=[N+]=[N-])c1)C(=O)c1ccc(CC(=O)CCCCCCC(=O)NO)cc1. The number of Topliss-reactive ketones (excluding diaryl/α,β-unsaturated/α-hetero) is 1. The number of carbonyl (C=O) groups is 7. The minimum absolute atomic E-state index is 0.0000460. The van der Waals surface area contributed by atoms with E-state index in [1.807, 2.05) is 13.8 Å².